The fraction of sp³-hybridized carbons (Fsp3) is 0.125. The van der Waals surface area contributed by atoms with Gasteiger partial charge in [0.25, 0.3) is 0 Å². The van der Waals surface area contributed by atoms with Crippen molar-refractivity contribution in [3.05, 3.63) is 78.4 Å². The third kappa shape index (κ3) is 3.13. The average molecular weight is 355 g/mol. The summed E-state index contributed by atoms with van der Waals surface area (Å²) in [5.74, 6) is 1.68. The number of para-hydroxylation sites is 1. The lowest BCUT2D eigenvalue weighted by atomic mass is 9.92. The summed E-state index contributed by atoms with van der Waals surface area (Å²) in [5.41, 5.74) is 6.52. The minimum atomic E-state index is 0.835. The van der Waals surface area contributed by atoms with Crippen LogP contribution in [-0.2, 0) is 0 Å². The van der Waals surface area contributed by atoms with E-state index in [1.807, 2.05) is 30.3 Å². The number of hydrogen-bond acceptors (Lipinski definition) is 3. The Kier molecular flexibility index (Phi) is 4.51. The zero-order chi connectivity index (χ0) is 18.8. The summed E-state index contributed by atoms with van der Waals surface area (Å²) in [7, 11) is 3.36. The van der Waals surface area contributed by atoms with Gasteiger partial charge in [0.05, 0.1) is 25.4 Å². The molecule has 0 saturated heterocycles. The number of nitrogens with zero attached hydrogens (tertiary/aromatic N) is 1. The predicted octanol–water partition coefficient (Wildman–Crippen LogP) is 5.89. The molecule has 0 aliphatic rings. The van der Waals surface area contributed by atoms with Crippen LogP contribution in [-0.4, -0.2) is 19.2 Å². The van der Waals surface area contributed by atoms with E-state index in [1.165, 1.54) is 10.9 Å². The van der Waals surface area contributed by atoms with Crippen molar-refractivity contribution in [3.8, 4) is 33.9 Å². The van der Waals surface area contributed by atoms with Gasteiger partial charge in [0.2, 0.25) is 0 Å². The number of rotatable bonds is 4. The van der Waals surface area contributed by atoms with Gasteiger partial charge in [-0.1, -0.05) is 30.3 Å². The molecule has 0 atom stereocenters. The lowest BCUT2D eigenvalue weighted by molar-refractivity contribution is 0.414. The molecule has 0 spiro atoms. The van der Waals surface area contributed by atoms with Gasteiger partial charge in [-0.25, -0.2) is 4.98 Å². The molecule has 0 radical (unpaired) electrons. The van der Waals surface area contributed by atoms with Gasteiger partial charge in [-0.3, -0.25) is 0 Å². The highest BCUT2D eigenvalue weighted by Gasteiger charge is 2.15. The molecule has 0 bridgehead atoms. The van der Waals surface area contributed by atoms with Crippen molar-refractivity contribution in [1.29, 1.82) is 0 Å². The molecule has 0 saturated carbocycles. The Balaban J connectivity index is 1.99. The number of ether oxygens (including phenoxy) is 2. The topological polar surface area (TPSA) is 31.4 Å². The van der Waals surface area contributed by atoms with Crippen LogP contribution >= 0.6 is 0 Å². The quantitative estimate of drug-likeness (QED) is 0.457. The monoisotopic (exact) mass is 355 g/mol. The van der Waals surface area contributed by atoms with E-state index in [-0.39, 0.29) is 0 Å². The molecular formula is C24H21NO2. The zero-order valence-electron chi connectivity index (χ0n) is 15.7. The summed E-state index contributed by atoms with van der Waals surface area (Å²) in [6.45, 7) is 2.16. The summed E-state index contributed by atoms with van der Waals surface area (Å²) in [5, 5.41) is 1.17. The summed E-state index contributed by atoms with van der Waals surface area (Å²) < 4.78 is 10.6. The Morgan fingerprint density at radius 3 is 1.81 bits per heavy atom. The van der Waals surface area contributed by atoms with Gasteiger partial charge in [0.15, 0.2) is 0 Å². The molecule has 27 heavy (non-hydrogen) atoms. The second kappa shape index (κ2) is 7.12. The van der Waals surface area contributed by atoms with Crippen molar-refractivity contribution >= 4 is 10.9 Å². The first kappa shape index (κ1) is 17.1. The first-order valence-electron chi connectivity index (χ1n) is 8.89. The number of aryl methyl sites for hydroxylation is 1. The summed E-state index contributed by atoms with van der Waals surface area (Å²) in [6, 6.07) is 24.5. The van der Waals surface area contributed by atoms with Crippen molar-refractivity contribution in [2.45, 2.75) is 6.92 Å². The Hall–Kier alpha value is -3.33. The molecule has 1 aromatic heterocycles. The van der Waals surface area contributed by atoms with Gasteiger partial charge < -0.3 is 9.47 Å². The Morgan fingerprint density at radius 2 is 1.22 bits per heavy atom. The molecule has 134 valence electrons. The van der Waals surface area contributed by atoms with E-state index >= 15 is 0 Å². The van der Waals surface area contributed by atoms with E-state index in [2.05, 4.69) is 49.4 Å². The largest absolute Gasteiger partial charge is 0.497 e. The lowest BCUT2D eigenvalue weighted by Crippen LogP contribution is -1.96. The normalized spacial score (nSPS) is 10.8. The second-order valence-electron chi connectivity index (χ2n) is 6.43. The molecule has 3 nitrogen and oxygen atoms in total. The highest BCUT2D eigenvalue weighted by molar-refractivity contribution is 5.95. The molecule has 0 aliphatic carbocycles. The molecule has 3 heteroatoms. The number of hydrogen-bond donors (Lipinski definition) is 0. The molecule has 0 N–H and O–H groups in total. The molecular weight excluding hydrogens is 334 g/mol. The van der Waals surface area contributed by atoms with E-state index in [0.29, 0.717) is 0 Å². The molecule has 0 unspecified atom stereocenters. The summed E-state index contributed by atoms with van der Waals surface area (Å²) >= 11 is 0. The Labute approximate surface area is 159 Å². The van der Waals surface area contributed by atoms with Crippen LogP contribution in [0.3, 0.4) is 0 Å². The molecule has 0 fully saturated rings. The van der Waals surface area contributed by atoms with Crippen molar-refractivity contribution in [2.75, 3.05) is 14.2 Å². The second-order valence-corrected chi connectivity index (χ2v) is 6.43. The number of fused-ring (bicyclic) bond motifs is 1. The van der Waals surface area contributed by atoms with Gasteiger partial charge in [0.1, 0.15) is 11.5 Å². The zero-order valence-corrected chi connectivity index (χ0v) is 15.7. The number of methoxy groups -OCH3 is 2. The molecule has 3 aromatic carbocycles. The lowest BCUT2D eigenvalue weighted by Gasteiger charge is -2.16. The van der Waals surface area contributed by atoms with Crippen LogP contribution in [0.4, 0.5) is 0 Å². The van der Waals surface area contributed by atoms with Crippen LogP contribution in [0, 0.1) is 6.92 Å². The van der Waals surface area contributed by atoms with Crippen LogP contribution in [0.2, 0.25) is 0 Å². The third-order valence-electron chi connectivity index (χ3n) is 4.89. The van der Waals surface area contributed by atoms with E-state index in [4.69, 9.17) is 14.5 Å². The van der Waals surface area contributed by atoms with Gasteiger partial charge >= 0.3 is 0 Å². The first-order chi connectivity index (χ1) is 13.2. The average Bonchev–Trinajstić information content (AvgIpc) is 2.74. The summed E-state index contributed by atoms with van der Waals surface area (Å²) in [6.07, 6.45) is 0. The molecule has 4 aromatic rings. The van der Waals surface area contributed by atoms with Crippen molar-refractivity contribution in [3.63, 3.8) is 0 Å². The minimum Gasteiger partial charge on any atom is -0.497 e. The van der Waals surface area contributed by atoms with E-state index in [9.17, 15) is 0 Å². The van der Waals surface area contributed by atoms with Crippen LogP contribution in [0.5, 0.6) is 11.5 Å². The molecule has 0 aliphatic heterocycles. The van der Waals surface area contributed by atoms with Crippen LogP contribution < -0.4 is 9.47 Å². The van der Waals surface area contributed by atoms with Gasteiger partial charge in [-0.05, 0) is 60.5 Å². The SMILES string of the molecule is COc1ccc(-c2nc3ccccc3c(C)c2-c2ccc(OC)cc2)cc1. The molecule has 1 heterocycles. The van der Waals surface area contributed by atoms with Gasteiger partial charge in [-0.2, -0.15) is 0 Å². The van der Waals surface area contributed by atoms with Crippen LogP contribution in [0.25, 0.3) is 33.3 Å². The summed E-state index contributed by atoms with van der Waals surface area (Å²) in [4.78, 5) is 5.01. The van der Waals surface area contributed by atoms with E-state index < -0.39 is 0 Å². The third-order valence-corrected chi connectivity index (χ3v) is 4.89. The number of pyridine rings is 1. The molecule has 0 amide bonds. The smallest absolute Gasteiger partial charge is 0.118 e. The fourth-order valence-electron chi connectivity index (χ4n) is 3.45. The van der Waals surface area contributed by atoms with Crippen LogP contribution in [0.1, 0.15) is 5.56 Å². The maximum Gasteiger partial charge on any atom is 0.118 e. The number of benzene rings is 3. The minimum absolute atomic E-state index is 0.835. The standard InChI is InChI=1S/C24H21NO2/c1-16-21-6-4-5-7-22(21)25-24(18-10-14-20(27-3)15-11-18)23(16)17-8-12-19(26-2)13-9-17/h4-15H,1-3H3. The van der Waals surface area contributed by atoms with Crippen molar-refractivity contribution in [2.24, 2.45) is 0 Å². The van der Waals surface area contributed by atoms with Crippen LogP contribution in [0.15, 0.2) is 72.8 Å². The highest BCUT2D eigenvalue weighted by Crippen LogP contribution is 2.38. The number of aromatic nitrogens is 1. The van der Waals surface area contributed by atoms with Crippen molar-refractivity contribution in [1.82, 2.24) is 4.98 Å². The van der Waals surface area contributed by atoms with Gasteiger partial charge in [0, 0.05) is 16.5 Å². The Morgan fingerprint density at radius 1 is 0.667 bits per heavy atom. The van der Waals surface area contributed by atoms with E-state index in [1.54, 1.807) is 14.2 Å². The maximum absolute atomic E-state index is 5.32. The van der Waals surface area contributed by atoms with E-state index in [0.717, 1.165) is 39.4 Å². The highest BCUT2D eigenvalue weighted by atomic mass is 16.5. The Bertz CT molecular complexity index is 1080. The van der Waals surface area contributed by atoms with Crippen molar-refractivity contribution < 1.29 is 9.47 Å². The first-order valence-corrected chi connectivity index (χ1v) is 8.89. The maximum atomic E-state index is 5.32. The fourth-order valence-corrected chi connectivity index (χ4v) is 3.45. The predicted molar refractivity (Wildman–Crippen MR) is 110 cm³/mol. The molecule has 4 rings (SSSR count). The van der Waals surface area contributed by atoms with Gasteiger partial charge in [-0.15, -0.1) is 0 Å².